The molecule has 0 amide bonds. The van der Waals surface area contributed by atoms with Gasteiger partial charge in [0, 0.05) is 11.1 Å². The van der Waals surface area contributed by atoms with E-state index >= 15 is 0 Å². The molecule has 0 bridgehead atoms. The van der Waals surface area contributed by atoms with E-state index in [0.717, 1.165) is 22.4 Å². The fourth-order valence-corrected chi connectivity index (χ4v) is 2.38. The van der Waals surface area contributed by atoms with Crippen LogP contribution in [0.5, 0.6) is 0 Å². The van der Waals surface area contributed by atoms with Crippen molar-refractivity contribution < 1.29 is 0 Å². The second-order valence-electron chi connectivity index (χ2n) is 4.77. The molecule has 0 aromatic heterocycles. The quantitative estimate of drug-likeness (QED) is 0.782. The van der Waals surface area contributed by atoms with E-state index in [2.05, 4.69) is 43.9 Å². The molecule has 1 aromatic rings. The Morgan fingerprint density at radius 2 is 2.11 bits per heavy atom. The number of nitrogens with two attached hydrogens (primary N) is 1. The highest BCUT2D eigenvalue weighted by Gasteiger charge is 2.27. The Morgan fingerprint density at radius 3 is 2.72 bits per heavy atom. The minimum absolute atomic E-state index is 0.134. The lowest BCUT2D eigenvalue weighted by Crippen LogP contribution is -2.16. The predicted octanol–water partition coefficient (Wildman–Crippen LogP) is 4.24. The topological polar surface area (TPSA) is 26.0 Å². The number of nitrogen functional groups attached to an aromatic ring is 1. The molecule has 2 rings (SSSR count). The van der Waals surface area contributed by atoms with Crippen molar-refractivity contribution in [2.24, 2.45) is 0 Å². The summed E-state index contributed by atoms with van der Waals surface area (Å²) in [4.78, 5) is 0. The van der Waals surface area contributed by atoms with Crippen LogP contribution < -0.4 is 5.73 Å². The molecule has 1 atom stereocenters. The molecule has 1 heteroatoms. The van der Waals surface area contributed by atoms with E-state index in [1.807, 2.05) is 31.2 Å². The summed E-state index contributed by atoms with van der Waals surface area (Å²) < 4.78 is 0. The summed E-state index contributed by atoms with van der Waals surface area (Å²) in [6.45, 7) is 7.98. The van der Waals surface area contributed by atoms with Crippen molar-refractivity contribution in [1.82, 2.24) is 0 Å². The van der Waals surface area contributed by atoms with E-state index in [1.54, 1.807) is 0 Å². The smallest absolute Gasteiger partial charge is 0.0432 e. The molecular formula is C17H19N. The van der Waals surface area contributed by atoms with Crippen LogP contribution in [0, 0.1) is 0 Å². The normalized spacial score (nSPS) is 22.4. The summed E-state index contributed by atoms with van der Waals surface area (Å²) in [7, 11) is 0. The lowest BCUT2D eigenvalue weighted by molar-refractivity contribution is 0.771. The molecule has 0 radical (unpaired) electrons. The first kappa shape index (κ1) is 12.4. The van der Waals surface area contributed by atoms with Gasteiger partial charge in [-0.3, -0.25) is 0 Å². The van der Waals surface area contributed by atoms with Crippen LogP contribution in [0.4, 0.5) is 5.69 Å². The Morgan fingerprint density at radius 1 is 1.33 bits per heavy atom. The van der Waals surface area contributed by atoms with Crippen molar-refractivity contribution in [3.8, 4) is 0 Å². The molecule has 0 heterocycles. The van der Waals surface area contributed by atoms with Gasteiger partial charge in [0.15, 0.2) is 0 Å². The fraction of sp³-hybridized carbons (Fsp3) is 0.176. The van der Waals surface area contributed by atoms with E-state index in [0.29, 0.717) is 0 Å². The van der Waals surface area contributed by atoms with Gasteiger partial charge in [0.05, 0.1) is 0 Å². The first-order valence-electron chi connectivity index (χ1n) is 6.17. The minimum Gasteiger partial charge on any atom is -0.398 e. The SMILES string of the molecule is C=CC1=CC(C)(c2cccc(/C=C\C)c2N)C=C1. The van der Waals surface area contributed by atoms with Crippen LogP contribution in [0.2, 0.25) is 0 Å². The molecule has 0 saturated heterocycles. The van der Waals surface area contributed by atoms with Gasteiger partial charge < -0.3 is 5.73 Å². The maximum absolute atomic E-state index is 6.28. The molecule has 1 aliphatic carbocycles. The maximum Gasteiger partial charge on any atom is 0.0432 e. The number of anilines is 1. The molecule has 2 N–H and O–H groups in total. The Hall–Kier alpha value is -2.02. The zero-order chi connectivity index (χ0) is 13.2. The largest absolute Gasteiger partial charge is 0.398 e. The van der Waals surface area contributed by atoms with Gasteiger partial charge in [-0.25, -0.2) is 0 Å². The summed E-state index contributed by atoms with van der Waals surface area (Å²) in [5.41, 5.74) is 10.4. The number of rotatable bonds is 3. The fourth-order valence-electron chi connectivity index (χ4n) is 2.38. The summed E-state index contributed by atoms with van der Waals surface area (Å²) in [6.07, 6.45) is 12.4. The zero-order valence-corrected chi connectivity index (χ0v) is 11.0. The van der Waals surface area contributed by atoms with Crippen molar-refractivity contribution in [3.63, 3.8) is 0 Å². The van der Waals surface area contributed by atoms with Gasteiger partial charge in [-0.05, 0) is 30.5 Å². The highest BCUT2D eigenvalue weighted by atomic mass is 14.6. The lowest BCUT2D eigenvalue weighted by atomic mass is 9.82. The lowest BCUT2D eigenvalue weighted by Gasteiger charge is -2.23. The first-order chi connectivity index (χ1) is 8.60. The molecule has 1 aliphatic rings. The Labute approximate surface area is 109 Å². The van der Waals surface area contributed by atoms with Crippen LogP contribution in [0.1, 0.15) is 25.0 Å². The molecule has 1 unspecified atom stereocenters. The number of hydrogen-bond donors (Lipinski definition) is 1. The van der Waals surface area contributed by atoms with Crippen molar-refractivity contribution in [3.05, 3.63) is 71.9 Å². The van der Waals surface area contributed by atoms with E-state index in [1.165, 1.54) is 0 Å². The zero-order valence-electron chi connectivity index (χ0n) is 11.0. The van der Waals surface area contributed by atoms with E-state index in [9.17, 15) is 0 Å². The number of benzene rings is 1. The van der Waals surface area contributed by atoms with Crippen LogP contribution in [0.15, 0.2) is 60.7 Å². The highest BCUT2D eigenvalue weighted by Crippen LogP contribution is 2.38. The molecule has 0 saturated carbocycles. The van der Waals surface area contributed by atoms with Gasteiger partial charge in [-0.2, -0.15) is 0 Å². The first-order valence-corrected chi connectivity index (χ1v) is 6.17. The second-order valence-corrected chi connectivity index (χ2v) is 4.77. The van der Waals surface area contributed by atoms with Gasteiger partial charge in [-0.15, -0.1) is 0 Å². The van der Waals surface area contributed by atoms with Gasteiger partial charge in [0.25, 0.3) is 0 Å². The van der Waals surface area contributed by atoms with Gasteiger partial charge >= 0.3 is 0 Å². The summed E-state index contributed by atoms with van der Waals surface area (Å²) >= 11 is 0. The molecule has 0 fully saturated rings. The van der Waals surface area contributed by atoms with E-state index < -0.39 is 0 Å². The third-order valence-corrected chi connectivity index (χ3v) is 3.39. The molecule has 0 aliphatic heterocycles. The van der Waals surface area contributed by atoms with Crippen LogP contribution in [0.25, 0.3) is 6.08 Å². The number of allylic oxidation sites excluding steroid dienone is 6. The minimum atomic E-state index is -0.134. The van der Waals surface area contributed by atoms with Gasteiger partial charge in [0.1, 0.15) is 0 Å². The molecular weight excluding hydrogens is 218 g/mol. The molecule has 1 aromatic carbocycles. The van der Waals surface area contributed by atoms with Crippen LogP contribution in [-0.2, 0) is 5.41 Å². The van der Waals surface area contributed by atoms with E-state index in [-0.39, 0.29) is 5.41 Å². The monoisotopic (exact) mass is 237 g/mol. The third-order valence-electron chi connectivity index (χ3n) is 3.39. The Bertz CT molecular complexity index is 561. The van der Waals surface area contributed by atoms with Crippen molar-refractivity contribution in [2.45, 2.75) is 19.3 Å². The molecule has 18 heavy (non-hydrogen) atoms. The highest BCUT2D eigenvalue weighted by molar-refractivity contribution is 5.71. The summed E-state index contributed by atoms with van der Waals surface area (Å²) in [5.74, 6) is 0. The standard InChI is InChI=1S/C17H19N/c1-4-7-14-8-6-9-15(16(14)18)17(3)11-10-13(5-2)12-17/h4-12H,2,18H2,1,3H3/b7-4-. The number of hydrogen-bond acceptors (Lipinski definition) is 1. The predicted molar refractivity (Wildman–Crippen MR) is 80.3 cm³/mol. The summed E-state index contributed by atoms with van der Waals surface area (Å²) in [5, 5.41) is 0. The van der Waals surface area contributed by atoms with Crippen molar-refractivity contribution in [2.75, 3.05) is 5.73 Å². The van der Waals surface area contributed by atoms with Crippen molar-refractivity contribution >= 4 is 11.8 Å². The van der Waals surface area contributed by atoms with Gasteiger partial charge in [0.2, 0.25) is 0 Å². The van der Waals surface area contributed by atoms with Gasteiger partial charge in [-0.1, -0.05) is 61.2 Å². The average Bonchev–Trinajstić information content (AvgIpc) is 2.75. The van der Waals surface area contributed by atoms with Crippen LogP contribution >= 0.6 is 0 Å². The number of para-hydroxylation sites is 1. The maximum atomic E-state index is 6.28. The van der Waals surface area contributed by atoms with Crippen LogP contribution in [-0.4, -0.2) is 0 Å². The second kappa shape index (κ2) is 4.69. The molecule has 92 valence electrons. The summed E-state index contributed by atoms with van der Waals surface area (Å²) in [6, 6.07) is 6.19. The van der Waals surface area contributed by atoms with Crippen molar-refractivity contribution in [1.29, 1.82) is 0 Å². The van der Waals surface area contributed by atoms with E-state index in [4.69, 9.17) is 5.73 Å². The van der Waals surface area contributed by atoms with Crippen LogP contribution in [0.3, 0.4) is 0 Å². The Balaban J connectivity index is 2.53. The Kier molecular flexibility index (Phi) is 3.24. The third kappa shape index (κ3) is 2.04. The molecule has 0 spiro atoms. The average molecular weight is 237 g/mol. The molecule has 1 nitrogen and oxygen atoms in total.